The Kier molecular flexibility index (Phi) is 3.95. The Morgan fingerprint density at radius 1 is 1.67 bits per heavy atom. The van der Waals surface area contributed by atoms with Crippen molar-refractivity contribution in [3.8, 4) is 6.07 Å². The average molecular weight is 339 g/mol. The van der Waals surface area contributed by atoms with Crippen molar-refractivity contribution < 1.29 is 14.9 Å². The molecule has 0 saturated heterocycles. The normalized spacial score (nSPS) is 30.9. The molecule has 0 spiro atoms. The van der Waals surface area contributed by atoms with E-state index >= 15 is 0 Å². The van der Waals surface area contributed by atoms with Gasteiger partial charge in [-0.25, -0.2) is 0 Å². The number of allylic oxidation sites excluding steroid dienone is 1. The van der Waals surface area contributed by atoms with Crippen LogP contribution >= 0.6 is 31.9 Å². The van der Waals surface area contributed by atoms with Gasteiger partial charge in [0, 0.05) is 0 Å². The highest BCUT2D eigenvalue weighted by Crippen LogP contribution is 2.39. The lowest BCUT2D eigenvalue weighted by Crippen LogP contribution is -2.43. The second-order valence-corrected chi connectivity index (χ2v) is 4.81. The molecule has 1 aliphatic carbocycles. The molecule has 2 N–H and O–H groups in total. The van der Waals surface area contributed by atoms with E-state index in [1.165, 1.54) is 13.2 Å². The van der Waals surface area contributed by atoms with Gasteiger partial charge in [-0.1, -0.05) is 0 Å². The lowest BCUT2D eigenvalue weighted by molar-refractivity contribution is -0.0164. The van der Waals surface area contributed by atoms with Crippen LogP contribution in [0.4, 0.5) is 0 Å². The number of aliphatic hydroxyl groups excluding tert-OH is 1. The SMILES string of the molecule is COC1=C(Br)[C@@H](O)[C@@](O)(CC#N)C=C1Br. The number of aliphatic hydroxyl groups is 2. The molecule has 0 unspecified atom stereocenters. The van der Waals surface area contributed by atoms with Crippen molar-refractivity contribution in [1.29, 1.82) is 5.26 Å². The first-order chi connectivity index (χ1) is 6.96. The highest BCUT2D eigenvalue weighted by molar-refractivity contribution is 9.12. The summed E-state index contributed by atoms with van der Waals surface area (Å²) >= 11 is 6.33. The summed E-state index contributed by atoms with van der Waals surface area (Å²) in [6.07, 6.45) is -0.0340. The number of methoxy groups -OCH3 is 1. The third kappa shape index (κ3) is 2.26. The van der Waals surface area contributed by atoms with E-state index < -0.39 is 11.7 Å². The number of hydrogen-bond donors (Lipinski definition) is 2. The van der Waals surface area contributed by atoms with Crippen LogP contribution in [0.2, 0.25) is 0 Å². The van der Waals surface area contributed by atoms with Crippen LogP contribution in [-0.2, 0) is 4.74 Å². The second-order valence-electron chi connectivity index (χ2n) is 3.10. The molecule has 0 aromatic heterocycles. The van der Waals surface area contributed by atoms with E-state index in [4.69, 9.17) is 10.00 Å². The zero-order chi connectivity index (χ0) is 11.6. The number of halogens is 2. The first-order valence-corrected chi connectivity index (χ1v) is 5.64. The molecule has 0 saturated carbocycles. The van der Waals surface area contributed by atoms with Crippen LogP contribution in [0.5, 0.6) is 0 Å². The zero-order valence-electron chi connectivity index (χ0n) is 7.87. The molecule has 82 valence electrons. The monoisotopic (exact) mass is 337 g/mol. The smallest absolute Gasteiger partial charge is 0.145 e. The minimum absolute atomic E-state index is 0.199. The van der Waals surface area contributed by atoms with Crippen molar-refractivity contribution in [3.05, 3.63) is 20.8 Å². The molecule has 0 heterocycles. The summed E-state index contributed by atoms with van der Waals surface area (Å²) in [6.45, 7) is 0. The Hall–Kier alpha value is -0.350. The molecular formula is C9H9Br2NO3. The summed E-state index contributed by atoms with van der Waals surface area (Å²) in [4.78, 5) is 0. The van der Waals surface area contributed by atoms with Gasteiger partial charge >= 0.3 is 0 Å². The van der Waals surface area contributed by atoms with E-state index in [0.717, 1.165) is 0 Å². The van der Waals surface area contributed by atoms with E-state index in [1.54, 1.807) is 0 Å². The van der Waals surface area contributed by atoms with Gasteiger partial charge in [-0.3, -0.25) is 0 Å². The third-order valence-electron chi connectivity index (χ3n) is 2.09. The summed E-state index contributed by atoms with van der Waals surface area (Å²) in [7, 11) is 1.45. The number of nitriles is 1. The Morgan fingerprint density at radius 2 is 2.27 bits per heavy atom. The average Bonchev–Trinajstić information content (AvgIpc) is 2.15. The lowest BCUT2D eigenvalue weighted by atomic mass is 9.89. The fourth-order valence-electron chi connectivity index (χ4n) is 1.29. The number of hydrogen-bond acceptors (Lipinski definition) is 4. The standard InChI is InChI=1S/C9H9Br2NO3/c1-15-7-5(10)4-9(14,2-3-12)8(13)6(7)11/h4,8,13-14H,2H2,1H3/t8-,9-/m1/s1. The predicted molar refractivity (Wildman–Crippen MR) is 61.2 cm³/mol. The highest BCUT2D eigenvalue weighted by atomic mass is 79.9. The molecule has 0 radical (unpaired) electrons. The summed E-state index contributed by atoms with van der Waals surface area (Å²) < 4.78 is 5.84. The Bertz CT molecular complexity index is 372. The molecule has 0 fully saturated rings. The molecule has 0 aliphatic heterocycles. The van der Waals surface area contributed by atoms with Crippen LogP contribution in [0.15, 0.2) is 20.8 Å². The van der Waals surface area contributed by atoms with E-state index in [9.17, 15) is 10.2 Å². The maximum absolute atomic E-state index is 10.00. The third-order valence-corrected chi connectivity index (χ3v) is 3.47. The molecule has 15 heavy (non-hydrogen) atoms. The van der Waals surface area contributed by atoms with Crippen LogP contribution in [-0.4, -0.2) is 29.0 Å². The predicted octanol–water partition coefficient (Wildman–Crippen LogP) is 1.54. The molecule has 1 aliphatic rings. The van der Waals surface area contributed by atoms with Gasteiger partial charge in [-0.15, -0.1) is 0 Å². The van der Waals surface area contributed by atoms with Crippen LogP contribution in [0.1, 0.15) is 6.42 Å². The zero-order valence-corrected chi connectivity index (χ0v) is 11.0. The van der Waals surface area contributed by atoms with Crippen molar-refractivity contribution >= 4 is 31.9 Å². The van der Waals surface area contributed by atoms with Gasteiger partial charge in [-0.05, 0) is 37.9 Å². The van der Waals surface area contributed by atoms with Crippen molar-refractivity contribution in [3.63, 3.8) is 0 Å². The molecule has 2 atom stereocenters. The van der Waals surface area contributed by atoms with E-state index in [1.807, 2.05) is 6.07 Å². The van der Waals surface area contributed by atoms with E-state index in [-0.39, 0.29) is 6.42 Å². The minimum Gasteiger partial charge on any atom is -0.495 e. The first-order valence-electron chi connectivity index (χ1n) is 4.06. The van der Waals surface area contributed by atoms with E-state index in [2.05, 4.69) is 31.9 Å². The van der Waals surface area contributed by atoms with Crippen molar-refractivity contribution in [2.75, 3.05) is 7.11 Å². The number of nitrogens with zero attached hydrogens (tertiary/aromatic N) is 1. The molecule has 0 aromatic carbocycles. The number of ether oxygens (including phenoxy) is 1. The van der Waals surface area contributed by atoms with Gasteiger partial charge in [-0.2, -0.15) is 5.26 Å². The fraction of sp³-hybridized carbons (Fsp3) is 0.444. The van der Waals surface area contributed by atoms with Crippen LogP contribution in [0, 0.1) is 11.3 Å². The van der Waals surface area contributed by atoms with Gasteiger partial charge in [0.25, 0.3) is 0 Å². The van der Waals surface area contributed by atoms with Crippen LogP contribution in [0.25, 0.3) is 0 Å². The number of rotatable bonds is 2. The molecule has 6 heteroatoms. The van der Waals surface area contributed by atoms with Crippen LogP contribution < -0.4 is 0 Å². The van der Waals surface area contributed by atoms with Gasteiger partial charge in [0.05, 0.1) is 28.6 Å². The molecule has 4 nitrogen and oxygen atoms in total. The largest absolute Gasteiger partial charge is 0.495 e. The first kappa shape index (κ1) is 12.7. The lowest BCUT2D eigenvalue weighted by Gasteiger charge is -2.32. The Morgan fingerprint density at radius 3 is 2.73 bits per heavy atom. The van der Waals surface area contributed by atoms with Crippen LogP contribution in [0.3, 0.4) is 0 Å². The van der Waals surface area contributed by atoms with Crippen molar-refractivity contribution in [2.45, 2.75) is 18.1 Å². The van der Waals surface area contributed by atoms with Gasteiger partial charge in [0.15, 0.2) is 0 Å². The molecule has 0 aromatic rings. The summed E-state index contributed by atoms with van der Waals surface area (Å²) in [6, 6.07) is 1.82. The van der Waals surface area contributed by atoms with Gasteiger partial charge in [0.2, 0.25) is 0 Å². The maximum atomic E-state index is 10.00. The summed E-state index contributed by atoms with van der Waals surface area (Å²) in [5.41, 5.74) is -1.59. The van der Waals surface area contributed by atoms with Gasteiger partial charge < -0.3 is 14.9 Å². The maximum Gasteiger partial charge on any atom is 0.145 e. The van der Waals surface area contributed by atoms with Gasteiger partial charge in [0.1, 0.15) is 17.5 Å². The van der Waals surface area contributed by atoms with E-state index in [0.29, 0.717) is 14.7 Å². The molecule has 0 amide bonds. The summed E-state index contributed by atoms with van der Waals surface area (Å²) in [5.74, 6) is 0.408. The Balaban J connectivity index is 3.16. The van der Waals surface area contributed by atoms with Crippen molar-refractivity contribution in [2.24, 2.45) is 0 Å². The fourth-order valence-corrected chi connectivity index (χ4v) is 3.10. The molecule has 1 rings (SSSR count). The molecule has 0 bridgehead atoms. The highest BCUT2D eigenvalue weighted by Gasteiger charge is 2.41. The minimum atomic E-state index is -1.59. The quantitative estimate of drug-likeness (QED) is 0.801. The van der Waals surface area contributed by atoms with Crippen molar-refractivity contribution in [1.82, 2.24) is 0 Å². The second kappa shape index (κ2) is 4.66. The Labute approximate surface area is 104 Å². The molecular weight excluding hydrogens is 330 g/mol. The topological polar surface area (TPSA) is 73.5 Å². The summed E-state index contributed by atoms with van der Waals surface area (Å²) in [5, 5.41) is 28.4.